The maximum absolute atomic E-state index is 4.66. The van der Waals surface area contributed by atoms with Gasteiger partial charge in [0.2, 0.25) is 0 Å². The lowest BCUT2D eigenvalue weighted by molar-refractivity contribution is 2.34. The zero-order valence-electron chi connectivity index (χ0n) is 4.67. The van der Waals surface area contributed by atoms with Gasteiger partial charge in [-0.05, 0) is 6.08 Å². The Balaban J connectivity index is -0.0000000542. The first kappa shape index (κ1) is 16.1. The third kappa shape index (κ3) is 154. The Labute approximate surface area is 51.6 Å². The fraction of sp³-hybridized carbons (Fsp3) is 0. The van der Waals surface area contributed by atoms with E-state index in [1.165, 1.54) is 6.08 Å². The lowest BCUT2D eigenvalue weighted by atomic mass is 10.7. The molecule has 8 heavy (non-hydrogen) atoms. The Morgan fingerprint density at radius 1 is 1.12 bits per heavy atom. The van der Waals surface area contributed by atoms with Gasteiger partial charge in [0.15, 0.2) is 0 Å². The fourth-order valence-corrected chi connectivity index (χ4v) is 0. The molecule has 0 aliphatic rings. The van der Waals surface area contributed by atoms with E-state index in [0.717, 1.165) is 0 Å². The molecule has 0 saturated heterocycles. The molecule has 0 atom stereocenters. The van der Waals surface area contributed by atoms with E-state index >= 15 is 0 Å². The SMILES string of the molecule is C#C.C#C.C#CC=C. The van der Waals surface area contributed by atoms with Crippen LogP contribution in [0.5, 0.6) is 0 Å². The van der Waals surface area contributed by atoms with Crippen LogP contribution in [0.25, 0.3) is 0 Å². The van der Waals surface area contributed by atoms with Crippen molar-refractivity contribution in [1.82, 2.24) is 0 Å². The van der Waals surface area contributed by atoms with E-state index in [1.54, 1.807) is 0 Å². The van der Waals surface area contributed by atoms with Crippen molar-refractivity contribution in [3.05, 3.63) is 12.7 Å². The molecule has 0 N–H and O–H groups in total. The van der Waals surface area contributed by atoms with Gasteiger partial charge < -0.3 is 0 Å². The van der Waals surface area contributed by atoms with Gasteiger partial charge in [0, 0.05) is 0 Å². The van der Waals surface area contributed by atoms with Gasteiger partial charge in [-0.2, -0.15) is 0 Å². The molecule has 0 heterocycles. The molecule has 0 aromatic carbocycles. The summed E-state index contributed by atoms with van der Waals surface area (Å²) in [7, 11) is 0. The molecular formula is C8H8. The molecule has 0 saturated carbocycles. The monoisotopic (exact) mass is 104 g/mol. The summed E-state index contributed by atoms with van der Waals surface area (Å²) in [5, 5.41) is 0. The maximum atomic E-state index is 4.66. The minimum atomic E-state index is 1.40. The third-order valence-corrected chi connectivity index (χ3v) is 0.118. The maximum Gasteiger partial charge on any atom is -0.0194 e. The van der Waals surface area contributed by atoms with Crippen molar-refractivity contribution in [2.75, 3.05) is 0 Å². The Hall–Kier alpha value is -1.58. The first-order chi connectivity index (χ1) is 3.91. The summed E-state index contributed by atoms with van der Waals surface area (Å²) in [6, 6.07) is 0. The van der Waals surface area contributed by atoms with Crippen LogP contribution < -0.4 is 0 Å². The van der Waals surface area contributed by atoms with Crippen LogP contribution in [0.3, 0.4) is 0 Å². The lowest BCUT2D eigenvalue weighted by Gasteiger charge is -1.38. The van der Waals surface area contributed by atoms with Crippen molar-refractivity contribution in [1.29, 1.82) is 0 Å². The van der Waals surface area contributed by atoms with Crippen LogP contribution in [-0.2, 0) is 0 Å². The predicted molar refractivity (Wildman–Crippen MR) is 38.8 cm³/mol. The van der Waals surface area contributed by atoms with E-state index < -0.39 is 0 Å². The van der Waals surface area contributed by atoms with Crippen molar-refractivity contribution in [3.8, 4) is 38.0 Å². The molecule has 0 unspecified atom stereocenters. The summed E-state index contributed by atoms with van der Waals surface area (Å²) >= 11 is 0. The Morgan fingerprint density at radius 2 is 1.25 bits per heavy atom. The topological polar surface area (TPSA) is 0 Å². The molecule has 0 radical (unpaired) electrons. The standard InChI is InChI=1S/C4H4.2C2H2/c1-3-4-2;2*1-2/h1,4H,2H2;2*1-2H. The molecule has 0 aromatic rings. The number of allylic oxidation sites excluding steroid dienone is 1. The molecule has 40 valence electrons. The summed E-state index contributed by atoms with van der Waals surface area (Å²) in [5.41, 5.74) is 0. The van der Waals surface area contributed by atoms with Crippen LogP contribution in [-0.4, -0.2) is 0 Å². The van der Waals surface area contributed by atoms with E-state index in [4.69, 9.17) is 0 Å². The molecule has 0 nitrogen and oxygen atoms in total. The van der Waals surface area contributed by atoms with Gasteiger partial charge in [-0.1, -0.05) is 12.5 Å². The van der Waals surface area contributed by atoms with E-state index in [-0.39, 0.29) is 0 Å². The highest BCUT2D eigenvalue weighted by Crippen LogP contribution is 1.41. The summed E-state index contributed by atoms with van der Waals surface area (Å²) in [6.07, 6.45) is 22.1. The van der Waals surface area contributed by atoms with Gasteiger partial charge in [0.25, 0.3) is 0 Å². The second kappa shape index (κ2) is 600. The number of hydrogen-bond donors (Lipinski definition) is 0. The molecule has 0 aliphatic carbocycles. The summed E-state index contributed by atoms with van der Waals surface area (Å²) in [4.78, 5) is 0. The van der Waals surface area contributed by atoms with E-state index in [1.807, 2.05) is 0 Å². The van der Waals surface area contributed by atoms with Crippen LogP contribution in [0.2, 0.25) is 0 Å². The van der Waals surface area contributed by atoms with Gasteiger partial charge in [0.05, 0.1) is 0 Å². The van der Waals surface area contributed by atoms with Gasteiger partial charge in [-0.3, -0.25) is 0 Å². The molecule has 0 aliphatic heterocycles. The molecule has 0 spiro atoms. The van der Waals surface area contributed by atoms with Gasteiger partial charge in [-0.25, -0.2) is 0 Å². The molecule has 0 rings (SSSR count). The molecule has 0 aromatic heterocycles. The predicted octanol–water partition coefficient (Wildman–Crippen LogP) is 1.30. The average molecular weight is 104 g/mol. The fourth-order valence-electron chi connectivity index (χ4n) is 0. The van der Waals surface area contributed by atoms with Gasteiger partial charge in [-0.15, -0.1) is 32.1 Å². The highest BCUT2D eigenvalue weighted by atomic mass is 13.3. The summed E-state index contributed by atoms with van der Waals surface area (Å²) < 4.78 is 0. The first-order valence-electron chi connectivity index (χ1n) is 1.65. The Kier molecular flexibility index (Phi) is 1210. The van der Waals surface area contributed by atoms with Crippen molar-refractivity contribution >= 4 is 0 Å². The van der Waals surface area contributed by atoms with Crippen LogP contribution >= 0.6 is 0 Å². The van der Waals surface area contributed by atoms with Crippen LogP contribution in [0, 0.1) is 38.0 Å². The Bertz CT molecular complexity index is 90.2. The average Bonchev–Trinajstić information content (AvgIpc) is 1.96. The molecule has 0 heteroatoms. The quantitative estimate of drug-likeness (QED) is 0.406. The van der Waals surface area contributed by atoms with E-state index in [9.17, 15) is 0 Å². The first-order valence-corrected chi connectivity index (χ1v) is 1.65. The van der Waals surface area contributed by atoms with Crippen LogP contribution in [0.1, 0.15) is 0 Å². The van der Waals surface area contributed by atoms with Crippen molar-refractivity contribution in [3.63, 3.8) is 0 Å². The zero-order chi connectivity index (χ0) is 7.41. The Morgan fingerprint density at radius 3 is 1.25 bits per heavy atom. The highest BCUT2D eigenvalue weighted by Gasteiger charge is 1.26. The second-order valence-corrected chi connectivity index (χ2v) is 0.371. The van der Waals surface area contributed by atoms with Gasteiger partial charge in [0.1, 0.15) is 0 Å². The van der Waals surface area contributed by atoms with Crippen LogP contribution in [0.4, 0.5) is 0 Å². The van der Waals surface area contributed by atoms with Crippen molar-refractivity contribution in [2.24, 2.45) is 0 Å². The summed E-state index contributed by atoms with van der Waals surface area (Å²) in [6.45, 7) is 3.24. The molecule has 0 fully saturated rings. The van der Waals surface area contributed by atoms with Gasteiger partial charge >= 0.3 is 0 Å². The van der Waals surface area contributed by atoms with Crippen molar-refractivity contribution < 1.29 is 0 Å². The normalized spacial score (nSPS) is 2.38. The lowest BCUT2D eigenvalue weighted by Crippen LogP contribution is -1.24. The van der Waals surface area contributed by atoms with Crippen molar-refractivity contribution in [2.45, 2.75) is 0 Å². The minimum absolute atomic E-state index is 1.40. The van der Waals surface area contributed by atoms with E-state index in [2.05, 4.69) is 44.6 Å². The number of terminal acetylenes is 3. The third-order valence-electron chi connectivity index (χ3n) is 0.118. The smallest absolute Gasteiger partial charge is 0.0194 e. The summed E-state index contributed by atoms with van der Waals surface area (Å²) in [5.74, 6) is 2.19. The number of rotatable bonds is 0. The molecule has 0 amide bonds. The molecular weight excluding hydrogens is 96.1 g/mol. The molecule has 0 bridgehead atoms. The zero-order valence-corrected chi connectivity index (χ0v) is 4.67. The number of hydrogen-bond acceptors (Lipinski definition) is 0. The second-order valence-electron chi connectivity index (χ2n) is 0.371. The van der Waals surface area contributed by atoms with Crippen LogP contribution in [0.15, 0.2) is 12.7 Å². The highest BCUT2D eigenvalue weighted by molar-refractivity contribution is 5.03. The van der Waals surface area contributed by atoms with E-state index in [0.29, 0.717) is 0 Å². The minimum Gasteiger partial charge on any atom is -0.124 e. The largest absolute Gasteiger partial charge is 0.124 e.